The minimum Gasteiger partial charge on any atom is -0.481 e. The van der Waals surface area contributed by atoms with Gasteiger partial charge in [-0.2, -0.15) is 0 Å². The van der Waals surface area contributed by atoms with E-state index in [4.69, 9.17) is 5.11 Å². The van der Waals surface area contributed by atoms with Crippen LogP contribution in [0.2, 0.25) is 0 Å². The van der Waals surface area contributed by atoms with Crippen LogP contribution in [0, 0.1) is 13.7 Å². The zero-order valence-corrected chi connectivity index (χ0v) is 13.6. The van der Waals surface area contributed by atoms with Gasteiger partial charge in [0.05, 0.1) is 11.3 Å². The Morgan fingerprint density at radius 2 is 1.90 bits per heavy atom. The molecule has 0 unspecified atom stereocenters. The zero-order chi connectivity index (χ0) is 15.4. The van der Waals surface area contributed by atoms with Gasteiger partial charge in [-0.15, -0.1) is 0 Å². The molecule has 0 heterocycles. The molecule has 0 atom stereocenters. The number of halogens is 1. The Hall–Kier alpha value is -1.61. The molecule has 21 heavy (non-hydrogen) atoms. The van der Waals surface area contributed by atoms with Crippen molar-refractivity contribution >= 4 is 46.0 Å². The molecule has 7 heteroatoms. The van der Waals surface area contributed by atoms with Crippen molar-refractivity contribution in [3.8, 4) is 0 Å². The number of carboxylic acids is 1. The summed E-state index contributed by atoms with van der Waals surface area (Å²) in [6.07, 6.45) is -0.0494. The van der Waals surface area contributed by atoms with Crippen LogP contribution in [-0.2, 0) is 11.2 Å². The molecule has 2 aromatic carbocycles. The number of rotatable bonds is 5. The largest absolute Gasteiger partial charge is 0.481 e. The SMILES string of the molecule is O=C(O)Cc1cc(I)ccc1Sc1ccc([N+](=O)[O-])cc1. The number of nitro benzene ring substituents is 1. The van der Waals surface area contributed by atoms with Gasteiger partial charge in [-0.25, -0.2) is 0 Å². The molecule has 0 aliphatic heterocycles. The summed E-state index contributed by atoms with van der Waals surface area (Å²) in [4.78, 5) is 22.8. The molecule has 5 nitrogen and oxygen atoms in total. The van der Waals surface area contributed by atoms with Crippen LogP contribution in [0.3, 0.4) is 0 Å². The third-order valence-electron chi connectivity index (χ3n) is 2.64. The van der Waals surface area contributed by atoms with Gasteiger partial charge in [-0.1, -0.05) is 11.8 Å². The van der Waals surface area contributed by atoms with Crippen molar-refractivity contribution in [1.29, 1.82) is 0 Å². The third-order valence-corrected chi connectivity index (χ3v) is 4.44. The second-order valence-electron chi connectivity index (χ2n) is 4.18. The lowest BCUT2D eigenvalue weighted by Crippen LogP contribution is -2.01. The molecule has 0 aliphatic rings. The van der Waals surface area contributed by atoms with Crippen LogP contribution in [0.4, 0.5) is 5.69 Å². The van der Waals surface area contributed by atoms with Crippen LogP contribution in [-0.4, -0.2) is 16.0 Å². The number of carbonyl (C=O) groups is 1. The fourth-order valence-corrected chi connectivity index (χ4v) is 3.19. The van der Waals surface area contributed by atoms with E-state index >= 15 is 0 Å². The number of benzene rings is 2. The van der Waals surface area contributed by atoms with Gasteiger partial charge in [-0.05, 0) is 58.5 Å². The average Bonchev–Trinajstić information content (AvgIpc) is 2.42. The summed E-state index contributed by atoms with van der Waals surface area (Å²) in [5.74, 6) is -0.887. The number of hydrogen-bond acceptors (Lipinski definition) is 4. The van der Waals surface area contributed by atoms with Crippen LogP contribution in [0.25, 0.3) is 0 Å². The number of hydrogen-bond donors (Lipinski definition) is 1. The Labute approximate surface area is 138 Å². The molecule has 0 aliphatic carbocycles. The number of carboxylic acid groups (broad SMARTS) is 1. The summed E-state index contributed by atoms with van der Waals surface area (Å²) in [6, 6.07) is 11.8. The van der Waals surface area contributed by atoms with Crippen LogP contribution < -0.4 is 0 Å². The fraction of sp³-hybridized carbons (Fsp3) is 0.0714. The summed E-state index contributed by atoms with van der Waals surface area (Å²) < 4.78 is 0.969. The zero-order valence-electron chi connectivity index (χ0n) is 10.7. The van der Waals surface area contributed by atoms with Crippen LogP contribution >= 0.6 is 34.4 Å². The lowest BCUT2D eigenvalue weighted by atomic mass is 10.1. The molecule has 0 fully saturated rings. The van der Waals surface area contributed by atoms with E-state index in [0.29, 0.717) is 0 Å². The standard InChI is InChI=1S/C14H10INO4S/c15-10-1-6-13(9(7-10)8-14(17)18)21-12-4-2-11(3-5-12)16(19)20/h1-7H,8H2,(H,17,18). The lowest BCUT2D eigenvalue weighted by Gasteiger charge is -2.08. The van der Waals surface area contributed by atoms with E-state index in [0.717, 1.165) is 18.9 Å². The number of nitrogens with zero attached hydrogens (tertiary/aromatic N) is 1. The van der Waals surface area contributed by atoms with Gasteiger partial charge in [0, 0.05) is 25.5 Å². The summed E-state index contributed by atoms with van der Waals surface area (Å²) in [6.45, 7) is 0. The number of aliphatic carboxylic acids is 1. The van der Waals surface area contributed by atoms with Gasteiger partial charge in [0.15, 0.2) is 0 Å². The minimum absolute atomic E-state index is 0.0349. The van der Waals surface area contributed by atoms with Gasteiger partial charge in [0.1, 0.15) is 0 Å². The molecule has 2 rings (SSSR count). The third kappa shape index (κ3) is 4.43. The first-order chi connectivity index (χ1) is 9.95. The lowest BCUT2D eigenvalue weighted by molar-refractivity contribution is -0.384. The van der Waals surface area contributed by atoms with E-state index in [-0.39, 0.29) is 12.1 Å². The first kappa shape index (κ1) is 15.8. The van der Waals surface area contributed by atoms with E-state index in [1.54, 1.807) is 12.1 Å². The Bertz CT molecular complexity index is 688. The van der Waals surface area contributed by atoms with Crippen molar-refractivity contribution in [1.82, 2.24) is 0 Å². The Kier molecular flexibility index (Phi) is 5.18. The highest BCUT2D eigenvalue weighted by atomic mass is 127. The molecule has 0 amide bonds. The van der Waals surface area contributed by atoms with Crippen molar-refractivity contribution < 1.29 is 14.8 Å². The first-order valence-electron chi connectivity index (χ1n) is 5.88. The quantitative estimate of drug-likeness (QED) is 0.454. The van der Waals surface area contributed by atoms with E-state index in [1.807, 2.05) is 18.2 Å². The molecule has 0 radical (unpaired) electrons. The van der Waals surface area contributed by atoms with Crippen LogP contribution in [0.5, 0.6) is 0 Å². The molecular formula is C14H10INO4S. The maximum absolute atomic E-state index is 10.9. The van der Waals surface area contributed by atoms with E-state index in [2.05, 4.69) is 22.6 Å². The molecule has 0 aromatic heterocycles. The second kappa shape index (κ2) is 6.90. The highest BCUT2D eigenvalue weighted by Crippen LogP contribution is 2.32. The van der Waals surface area contributed by atoms with E-state index in [1.165, 1.54) is 23.9 Å². The normalized spacial score (nSPS) is 10.3. The van der Waals surface area contributed by atoms with Crippen molar-refractivity contribution in [2.24, 2.45) is 0 Å². The molecule has 108 valence electrons. The Morgan fingerprint density at radius 1 is 1.24 bits per heavy atom. The van der Waals surface area contributed by atoms with Gasteiger partial charge >= 0.3 is 5.97 Å². The summed E-state index contributed by atoms with van der Waals surface area (Å²) >= 11 is 3.53. The van der Waals surface area contributed by atoms with Gasteiger partial charge in [0.25, 0.3) is 5.69 Å². The van der Waals surface area contributed by atoms with Crippen molar-refractivity contribution in [3.63, 3.8) is 0 Å². The summed E-state index contributed by atoms with van der Waals surface area (Å²) in [7, 11) is 0. The highest BCUT2D eigenvalue weighted by molar-refractivity contribution is 14.1. The Morgan fingerprint density at radius 3 is 2.48 bits per heavy atom. The van der Waals surface area contributed by atoms with E-state index < -0.39 is 10.9 Å². The smallest absolute Gasteiger partial charge is 0.307 e. The van der Waals surface area contributed by atoms with Crippen molar-refractivity contribution in [2.45, 2.75) is 16.2 Å². The molecule has 0 spiro atoms. The molecule has 0 bridgehead atoms. The second-order valence-corrected chi connectivity index (χ2v) is 6.54. The number of non-ortho nitro benzene ring substituents is 1. The average molecular weight is 415 g/mol. The van der Waals surface area contributed by atoms with E-state index in [9.17, 15) is 14.9 Å². The number of nitro groups is 1. The topological polar surface area (TPSA) is 80.4 Å². The van der Waals surface area contributed by atoms with Gasteiger partial charge in [-0.3, -0.25) is 14.9 Å². The van der Waals surface area contributed by atoms with Crippen molar-refractivity contribution in [2.75, 3.05) is 0 Å². The molecule has 2 aromatic rings. The molecule has 0 saturated carbocycles. The predicted octanol–water partition coefficient (Wildman–Crippen LogP) is 3.98. The Balaban J connectivity index is 2.26. The van der Waals surface area contributed by atoms with Crippen LogP contribution in [0.15, 0.2) is 52.3 Å². The summed E-state index contributed by atoms with van der Waals surface area (Å²) in [5, 5.41) is 19.6. The minimum atomic E-state index is -0.887. The molecular weight excluding hydrogens is 405 g/mol. The fourth-order valence-electron chi connectivity index (χ4n) is 1.71. The van der Waals surface area contributed by atoms with Gasteiger partial charge < -0.3 is 5.11 Å². The highest BCUT2D eigenvalue weighted by Gasteiger charge is 2.10. The predicted molar refractivity (Wildman–Crippen MR) is 87.7 cm³/mol. The first-order valence-corrected chi connectivity index (χ1v) is 7.78. The van der Waals surface area contributed by atoms with Crippen LogP contribution in [0.1, 0.15) is 5.56 Å². The maximum Gasteiger partial charge on any atom is 0.307 e. The van der Waals surface area contributed by atoms with Gasteiger partial charge in [0.2, 0.25) is 0 Å². The molecule has 0 saturated heterocycles. The monoisotopic (exact) mass is 415 g/mol. The maximum atomic E-state index is 10.9. The summed E-state index contributed by atoms with van der Waals surface area (Å²) in [5.41, 5.74) is 0.769. The molecule has 1 N–H and O–H groups in total. The van der Waals surface area contributed by atoms with Crippen molar-refractivity contribution in [3.05, 3.63) is 61.7 Å².